The van der Waals surface area contributed by atoms with Gasteiger partial charge in [-0.1, -0.05) is 18.1 Å². The minimum Gasteiger partial charge on any atom is -0.399 e. The number of nitrogens with two attached hydrogens (primary N) is 1. The number of hydrogen-bond donors (Lipinski definition) is 1. The van der Waals surface area contributed by atoms with E-state index in [-0.39, 0.29) is 0 Å². The van der Waals surface area contributed by atoms with Gasteiger partial charge < -0.3 is 10.3 Å². The molecule has 0 aliphatic carbocycles. The topological polar surface area (TPSA) is 64.9 Å². The molecule has 2 N–H and O–H groups in total. The van der Waals surface area contributed by atoms with Gasteiger partial charge in [0.15, 0.2) is 5.82 Å². The summed E-state index contributed by atoms with van der Waals surface area (Å²) < 4.78 is 5.16. The van der Waals surface area contributed by atoms with E-state index >= 15 is 0 Å². The van der Waals surface area contributed by atoms with Crippen LogP contribution in [0, 0.1) is 0 Å². The van der Waals surface area contributed by atoms with E-state index in [0.717, 1.165) is 29.2 Å². The molecule has 2 rings (SSSR count). The number of hydrogen-bond acceptors (Lipinski definition) is 5. The van der Waals surface area contributed by atoms with Gasteiger partial charge in [-0.3, -0.25) is 0 Å². The number of nitrogens with zero attached hydrogens (tertiary/aromatic N) is 2. The number of rotatable bonds is 5. The van der Waals surface area contributed by atoms with Gasteiger partial charge in [0, 0.05) is 17.0 Å². The van der Waals surface area contributed by atoms with Gasteiger partial charge in [-0.15, -0.1) is 11.8 Å². The zero-order valence-electron chi connectivity index (χ0n) is 9.72. The summed E-state index contributed by atoms with van der Waals surface area (Å²) in [6.45, 7) is 2.09. The first-order valence-corrected chi connectivity index (χ1v) is 6.56. The Bertz CT molecular complexity index is 484. The quantitative estimate of drug-likeness (QED) is 0.652. The lowest BCUT2D eigenvalue weighted by Gasteiger charge is -1.99. The second-order valence-electron chi connectivity index (χ2n) is 3.72. The first-order valence-electron chi connectivity index (χ1n) is 5.57. The molecule has 5 heteroatoms. The third-order valence-electron chi connectivity index (χ3n) is 2.20. The molecule has 0 bridgehead atoms. The third-order valence-corrected chi connectivity index (χ3v) is 3.18. The van der Waals surface area contributed by atoms with Gasteiger partial charge in [-0.25, -0.2) is 0 Å². The molecule has 0 amide bonds. The van der Waals surface area contributed by atoms with Crippen LogP contribution in [0.4, 0.5) is 5.69 Å². The second kappa shape index (κ2) is 5.72. The van der Waals surface area contributed by atoms with Crippen LogP contribution < -0.4 is 5.73 Å². The SMILES string of the molecule is CCCc1noc(CSc2cccc(N)c2)n1. The summed E-state index contributed by atoms with van der Waals surface area (Å²) in [7, 11) is 0. The minimum absolute atomic E-state index is 0.667. The largest absolute Gasteiger partial charge is 0.399 e. The van der Waals surface area contributed by atoms with Crippen molar-refractivity contribution in [3.63, 3.8) is 0 Å². The zero-order chi connectivity index (χ0) is 12.1. The van der Waals surface area contributed by atoms with Gasteiger partial charge in [-0.05, 0) is 24.6 Å². The van der Waals surface area contributed by atoms with Crippen molar-refractivity contribution < 1.29 is 4.52 Å². The van der Waals surface area contributed by atoms with E-state index in [9.17, 15) is 0 Å². The van der Waals surface area contributed by atoms with Gasteiger partial charge in [0.05, 0.1) is 5.75 Å². The summed E-state index contributed by atoms with van der Waals surface area (Å²) in [6.07, 6.45) is 1.90. The predicted molar refractivity (Wildman–Crippen MR) is 68.7 cm³/mol. The molecule has 2 aromatic rings. The lowest BCUT2D eigenvalue weighted by molar-refractivity contribution is 0.384. The fourth-order valence-corrected chi connectivity index (χ4v) is 2.22. The van der Waals surface area contributed by atoms with Crippen molar-refractivity contribution >= 4 is 17.4 Å². The van der Waals surface area contributed by atoms with Crippen LogP contribution in [-0.4, -0.2) is 10.1 Å². The maximum Gasteiger partial charge on any atom is 0.237 e. The van der Waals surface area contributed by atoms with Crippen LogP contribution in [0.3, 0.4) is 0 Å². The van der Waals surface area contributed by atoms with Crippen molar-refractivity contribution in [2.45, 2.75) is 30.4 Å². The lowest BCUT2D eigenvalue weighted by Crippen LogP contribution is -1.87. The van der Waals surface area contributed by atoms with Gasteiger partial charge in [0.2, 0.25) is 5.89 Å². The van der Waals surface area contributed by atoms with E-state index in [2.05, 4.69) is 17.1 Å². The summed E-state index contributed by atoms with van der Waals surface area (Å²) in [5.74, 6) is 2.14. The highest BCUT2D eigenvalue weighted by molar-refractivity contribution is 7.98. The van der Waals surface area contributed by atoms with Crippen molar-refractivity contribution in [2.24, 2.45) is 0 Å². The third kappa shape index (κ3) is 3.49. The first-order chi connectivity index (χ1) is 8.28. The molecule has 1 heterocycles. The number of thioether (sulfide) groups is 1. The average molecular weight is 249 g/mol. The Morgan fingerprint density at radius 3 is 3.06 bits per heavy atom. The van der Waals surface area contributed by atoms with Crippen LogP contribution in [0.25, 0.3) is 0 Å². The summed E-state index contributed by atoms with van der Waals surface area (Å²) in [4.78, 5) is 5.42. The van der Waals surface area contributed by atoms with Gasteiger partial charge in [-0.2, -0.15) is 4.98 Å². The van der Waals surface area contributed by atoms with E-state index in [4.69, 9.17) is 10.3 Å². The van der Waals surface area contributed by atoms with E-state index in [1.165, 1.54) is 0 Å². The molecule has 0 aliphatic rings. The number of anilines is 1. The van der Waals surface area contributed by atoms with Gasteiger partial charge in [0.1, 0.15) is 0 Å². The predicted octanol–water partition coefficient (Wildman–Crippen LogP) is 2.90. The van der Waals surface area contributed by atoms with E-state index in [1.54, 1.807) is 11.8 Å². The second-order valence-corrected chi connectivity index (χ2v) is 4.76. The maximum absolute atomic E-state index is 5.71. The molecule has 17 heavy (non-hydrogen) atoms. The average Bonchev–Trinajstić information content (AvgIpc) is 2.75. The Balaban J connectivity index is 1.93. The van der Waals surface area contributed by atoms with Crippen LogP contribution >= 0.6 is 11.8 Å². The Labute approximate surface area is 105 Å². The molecule has 0 spiro atoms. The van der Waals surface area contributed by atoms with E-state index < -0.39 is 0 Å². The Morgan fingerprint density at radius 1 is 1.41 bits per heavy atom. The van der Waals surface area contributed by atoms with Crippen molar-refractivity contribution in [1.29, 1.82) is 0 Å². The fourth-order valence-electron chi connectivity index (χ4n) is 1.42. The summed E-state index contributed by atoms with van der Waals surface area (Å²) >= 11 is 1.64. The molecular formula is C12H15N3OS. The highest BCUT2D eigenvalue weighted by Crippen LogP contribution is 2.23. The molecule has 0 fully saturated rings. The number of aryl methyl sites for hydroxylation is 1. The molecule has 0 atom stereocenters. The van der Waals surface area contributed by atoms with Crippen LogP contribution in [0.2, 0.25) is 0 Å². The molecular weight excluding hydrogens is 234 g/mol. The van der Waals surface area contributed by atoms with Crippen LogP contribution in [-0.2, 0) is 12.2 Å². The Morgan fingerprint density at radius 2 is 2.29 bits per heavy atom. The van der Waals surface area contributed by atoms with Crippen molar-refractivity contribution in [2.75, 3.05) is 5.73 Å². The Hall–Kier alpha value is -1.49. The summed E-state index contributed by atoms with van der Waals surface area (Å²) in [5.41, 5.74) is 6.48. The van der Waals surface area contributed by atoms with Crippen LogP contribution in [0.5, 0.6) is 0 Å². The van der Waals surface area contributed by atoms with Crippen molar-refractivity contribution in [1.82, 2.24) is 10.1 Å². The molecule has 1 aromatic heterocycles. The van der Waals surface area contributed by atoms with Crippen molar-refractivity contribution in [3.05, 3.63) is 36.0 Å². The highest BCUT2D eigenvalue weighted by atomic mass is 32.2. The molecule has 0 aliphatic heterocycles. The monoisotopic (exact) mass is 249 g/mol. The molecule has 4 nitrogen and oxygen atoms in total. The Kier molecular flexibility index (Phi) is 4.03. The normalized spacial score (nSPS) is 10.6. The zero-order valence-corrected chi connectivity index (χ0v) is 10.5. The smallest absolute Gasteiger partial charge is 0.237 e. The lowest BCUT2D eigenvalue weighted by atomic mass is 10.3. The molecule has 1 aromatic carbocycles. The highest BCUT2D eigenvalue weighted by Gasteiger charge is 2.06. The van der Waals surface area contributed by atoms with E-state index in [0.29, 0.717) is 11.6 Å². The fraction of sp³-hybridized carbons (Fsp3) is 0.333. The van der Waals surface area contributed by atoms with Crippen molar-refractivity contribution in [3.8, 4) is 0 Å². The number of nitrogen functional groups attached to an aromatic ring is 1. The molecule has 90 valence electrons. The molecule has 0 saturated carbocycles. The van der Waals surface area contributed by atoms with Crippen LogP contribution in [0.15, 0.2) is 33.7 Å². The van der Waals surface area contributed by atoms with Gasteiger partial charge >= 0.3 is 0 Å². The maximum atomic E-state index is 5.71. The summed E-state index contributed by atoms with van der Waals surface area (Å²) in [6, 6.07) is 7.77. The number of aromatic nitrogens is 2. The van der Waals surface area contributed by atoms with E-state index in [1.807, 2.05) is 24.3 Å². The van der Waals surface area contributed by atoms with Crippen LogP contribution in [0.1, 0.15) is 25.1 Å². The number of benzene rings is 1. The minimum atomic E-state index is 0.667. The summed E-state index contributed by atoms with van der Waals surface area (Å²) in [5, 5.41) is 3.91. The molecule has 0 saturated heterocycles. The standard InChI is InChI=1S/C12H15N3OS/c1-2-4-11-14-12(16-15-11)8-17-10-6-3-5-9(13)7-10/h3,5-7H,2,4,8,13H2,1H3. The molecule has 0 radical (unpaired) electrons. The first kappa shape index (κ1) is 12.0. The van der Waals surface area contributed by atoms with Gasteiger partial charge in [0.25, 0.3) is 0 Å². The molecule has 0 unspecified atom stereocenters.